The summed E-state index contributed by atoms with van der Waals surface area (Å²) in [7, 11) is 0. The van der Waals surface area contributed by atoms with Crippen LogP contribution in [0.15, 0.2) is 59.8 Å². The van der Waals surface area contributed by atoms with E-state index < -0.39 is 0 Å². The van der Waals surface area contributed by atoms with Crippen molar-refractivity contribution in [3.8, 4) is 0 Å². The van der Waals surface area contributed by atoms with E-state index in [4.69, 9.17) is 0 Å². The van der Waals surface area contributed by atoms with Gasteiger partial charge >= 0.3 is 0 Å². The SMILES string of the molecule is C=C(CNc1ccc(/C=C\CC)c(C)c1)NC(C)C(=C)CC/C(CCC)=C(\C)CC. The fraction of sp³-hybridized carbons (Fsp3) is 0.500. The second-order valence-electron chi connectivity index (χ2n) is 8.35. The molecule has 2 N–H and O–H groups in total. The number of anilines is 1. The van der Waals surface area contributed by atoms with Gasteiger partial charge in [0.1, 0.15) is 0 Å². The van der Waals surface area contributed by atoms with Crippen LogP contribution in [-0.4, -0.2) is 12.6 Å². The molecular formula is C28H44N2. The number of hydrogen-bond acceptors (Lipinski definition) is 2. The van der Waals surface area contributed by atoms with Gasteiger partial charge in [-0.3, -0.25) is 0 Å². The molecule has 1 atom stereocenters. The fourth-order valence-corrected chi connectivity index (χ4v) is 3.52. The molecule has 2 nitrogen and oxygen atoms in total. The Morgan fingerprint density at radius 1 is 1.10 bits per heavy atom. The van der Waals surface area contributed by atoms with Crippen molar-refractivity contribution in [3.05, 3.63) is 71.0 Å². The Bertz CT molecular complexity index is 752. The molecule has 0 aromatic heterocycles. The maximum Gasteiger partial charge on any atom is 0.0542 e. The van der Waals surface area contributed by atoms with Crippen LogP contribution in [0.4, 0.5) is 5.69 Å². The quantitative estimate of drug-likeness (QED) is 0.303. The number of allylic oxidation sites excluding steroid dienone is 3. The summed E-state index contributed by atoms with van der Waals surface area (Å²) in [6, 6.07) is 6.73. The molecule has 0 heterocycles. The van der Waals surface area contributed by atoms with Crippen molar-refractivity contribution < 1.29 is 0 Å². The smallest absolute Gasteiger partial charge is 0.0542 e. The third kappa shape index (κ3) is 9.07. The van der Waals surface area contributed by atoms with Crippen LogP contribution in [0.1, 0.15) is 84.3 Å². The van der Waals surface area contributed by atoms with E-state index in [1.54, 1.807) is 11.1 Å². The minimum absolute atomic E-state index is 0.229. The maximum absolute atomic E-state index is 4.34. The monoisotopic (exact) mass is 408 g/mol. The second kappa shape index (κ2) is 13.9. The van der Waals surface area contributed by atoms with Gasteiger partial charge in [-0.05, 0) is 76.1 Å². The Morgan fingerprint density at radius 2 is 1.83 bits per heavy atom. The minimum Gasteiger partial charge on any atom is -0.381 e. The molecule has 1 unspecified atom stereocenters. The summed E-state index contributed by atoms with van der Waals surface area (Å²) in [4.78, 5) is 0. The second-order valence-corrected chi connectivity index (χ2v) is 8.35. The third-order valence-corrected chi connectivity index (χ3v) is 5.78. The lowest BCUT2D eigenvalue weighted by atomic mass is 9.94. The summed E-state index contributed by atoms with van der Waals surface area (Å²) in [5, 5.41) is 7.00. The lowest BCUT2D eigenvalue weighted by Crippen LogP contribution is -2.29. The first-order chi connectivity index (χ1) is 14.3. The van der Waals surface area contributed by atoms with Gasteiger partial charge in [-0.1, -0.05) is 75.3 Å². The van der Waals surface area contributed by atoms with Crippen molar-refractivity contribution in [2.24, 2.45) is 0 Å². The molecular weight excluding hydrogens is 364 g/mol. The molecule has 2 heteroatoms. The van der Waals surface area contributed by atoms with E-state index >= 15 is 0 Å². The van der Waals surface area contributed by atoms with Crippen molar-refractivity contribution in [1.29, 1.82) is 0 Å². The van der Waals surface area contributed by atoms with E-state index in [-0.39, 0.29) is 6.04 Å². The number of rotatable bonds is 14. The first-order valence-electron chi connectivity index (χ1n) is 11.6. The van der Waals surface area contributed by atoms with Gasteiger partial charge in [-0.2, -0.15) is 0 Å². The molecule has 0 aliphatic carbocycles. The zero-order valence-corrected chi connectivity index (χ0v) is 20.3. The molecule has 0 radical (unpaired) electrons. The van der Waals surface area contributed by atoms with Crippen LogP contribution in [0.25, 0.3) is 6.08 Å². The number of nitrogens with one attached hydrogen (secondary N) is 2. The molecule has 0 saturated heterocycles. The molecule has 0 spiro atoms. The summed E-state index contributed by atoms with van der Waals surface area (Å²) < 4.78 is 0. The number of aryl methyl sites for hydroxylation is 1. The highest BCUT2D eigenvalue weighted by Gasteiger charge is 2.09. The van der Waals surface area contributed by atoms with Crippen molar-refractivity contribution in [1.82, 2.24) is 5.32 Å². The summed E-state index contributed by atoms with van der Waals surface area (Å²) in [5.41, 5.74) is 9.08. The van der Waals surface area contributed by atoms with E-state index in [2.05, 4.69) is 95.7 Å². The van der Waals surface area contributed by atoms with E-state index in [1.165, 1.54) is 29.5 Å². The van der Waals surface area contributed by atoms with Crippen LogP contribution in [0.3, 0.4) is 0 Å². The van der Waals surface area contributed by atoms with Crippen LogP contribution in [0.5, 0.6) is 0 Å². The molecule has 1 aromatic rings. The molecule has 0 aliphatic rings. The van der Waals surface area contributed by atoms with Crippen LogP contribution in [0.2, 0.25) is 0 Å². The highest BCUT2D eigenvalue weighted by molar-refractivity contribution is 5.59. The van der Waals surface area contributed by atoms with E-state index in [0.29, 0.717) is 6.54 Å². The zero-order chi connectivity index (χ0) is 22.5. The highest BCUT2D eigenvalue weighted by Crippen LogP contribution is 2.22. The molecule has 1 aromatic carbocycles. The normalized spacial score (nSPS) is 13.1. The Kier molecular flexibility index (Phi) is 12.0. The van der Waals surface area contributed by atoms with Crippen molar-refractivity contribution >= 4 is 11.8 Å². The molecule has 166 valence electrons. The van der Waals surface area contributed by atoms with Crippen LogP contribution in [0, 0.1) is 6.92 Å². The van der Waals surface area contributed by atoms with Gasteiger partial charge in [0.2, 0.25) is 0 Å². The van der Waals surface area contributed by atoms with E-state index in [1.807, 2.05) is 0 Å². The van der Waals surface area contributed by atoms with Crippen LogP contribution < -0.4 is 10.6 Å². The summed E-state index contributed by atoms with van der Waals surface area (Å²) in [6.45, 7) is 22.5. The maximum atomic E-state index is 4.34. The van der Waals surface area contributed by atoms with Gasteiger partial charge in [0, 0.05) is 17.4 Å². The summed E-state index contributed by atoms with van der Waals surface area (Å²) in [6.07, 6.45) is 11.2. The highest BCUT2D eigenvalue weighted by atomic mass is 15.0. The van der Waals surface area contributed by atoms with Gasteiger partial charge in [0.25, 0.3) is 0 Å². The summed E-state index contributed by atoms with van der Waals surface area (Å²) in [5.74, 6) is 0. The Morgan fingerprint density at radius 3 is 2.43 bits per heavy atom. The molecule has 0 saturated carbocycles. The topological polar surface area (TPSA) is 24.1 Å². The predicted octanol–water partition coefficient (Wildman–Crippen LogP) is 8.18. The average Bonchev–Trinajstić information content (AvgIpc) is 2.73. The molecule has 0 amide bonds. The minimum atomic E-state index is 0.229. The lowest BCUT2D eigenvalue weighted by Gasteiger charge is -2.21. The number of hydrogen-bond donors (Lipinski definition) is 2. The predicted molar refractivity (Wildman–Crippen MR) is 137 cm³/mol. The van der Waals surface area contributed by atoms with Gasteiger partial charge in [0.05, 0.1) is 6.54 Å². The molecule has 0 aliphatic heterocycles. The fourth-order valence-electron chi connectivity index (χ4n) is 3.52. The van der Waals surface area contributed by atoms with Crippen molar-refractivity contribution in [3.63, 3.8) is 0 Å². The van der Waals surface area contributed by atoms with Gasteiger partial charge in [0.15, 0.2) is 0 Å². The first kappa shape index (κ1) is 25.8. The largest absolute Gasteiger partial charge is 0.381 e. The first-order valence-corrected chi connectivity index (χ1v) is 11.6. The molecule has 0 fully saturated rings. The molecule has 1 rings (SSSR count). The van der Waals surface area contributed by atoms with Crippen molar-refractivity contribution in [2.75, 3.05) is 11.9 Å². The van der Waals surface area contributed by atoms with Gasteiger partial charge in [-0.15, -0.1) is 0 Å². The molecule has 30 heavy (non-hydrogen) atoms. The molecule has 0 bridgehead atoms. The summed E-state index contributed by atoms with van der Waals surface area (Å²) >= 11 is 0. The van der Waals surface area contributed by atoms with Gasteiger partial charge in [-0.25, -0.2) is 0 Å². The van der Waals surface area contributed by atoms with Gasteiger partial charge < -0.3 is 10.6 Å². The van der Waals surface area contributed by atoms with E-state index in [9.17, 15) is 0 Å². The average molecular weight is 409 g/mol. The Hall–Kier alpha value is -2.22. The Balaban J connectivity index is 2.51. The van der Waals surface area contributed by atoms with E-state index in [0.717, 1.165) is 37.1 Å². The lowest BCUT2D eigenvalue weighted by molar-refractivity contribution is 0.651. The van der Waals surface area contributed by atoms with Crippen LogP contribution >= 0.6 is 0 Å². The van der Waals surface area contributed by atoms with Crippen molar-refractivity contribution in [2.45, 2.75) is 86.1 Å². The number of benzene rings is 1. The Labute approximate surface area is 186 Å². The standard InChI is InChI=1S/C28H44N2/c1-9-12-14-27-17-18-28(19-23(27)6)29-20-24(7)30-25(8)22(5)15-16-26(13-10-2)21(4)11-3/h12,14,17-19,25,29-30H,5,7,9-11,13,15-16,20H2,1-4,6,8H3/b14-12-,26-21+. The third-order valence-electron chi connectivity index (χ3n) is 5.78. The van der Waals surface area contributed by atoms with Crippen LogP contribution in [-0.2, 0) is 0 Å². The zero-order valence-electron chi connectivity index (χ0n) is 20.3.